The highest BCUT2D eigenvalue weighted by atomic mass is 16.4. The van der Waals surface area contributed by atoms with E-state index in [1.807, 2.05) is 0 Å². The molecule has 0 aromatic rings. The van der Waals surface area contributed by atoms with Crippen molar-refractivity contribution in [3.8, 4) is 0 Å². The molecule has 0 aromatic carbocycles. The molecule has 0 radical (unpaired) electrons. The summed E-state index contributed by atoms with van der Waals surface area (Å²) in [4.78, 5) is 35.2. The third-order valence-electron chi connectivity index (χ3n) is 2.04. The molecule has 0 unspecified atom stereocenters. The number of rotatable bonds is 2. The van der Waals surface area contributed by atoms with Gasteiger partial charge in [0.15, 0.2) is 0 Å². The van der Waals surface area contributed by atoms with E-state index in [1.165, 1.54) is 0 Å². The van der Waals surface area contributed by atoms with E-state index in [1.54, 1.807) is 0 Å². The van der Waals surface area contributed by atoms with Gasteiger partial charge in [-0.3, -0.25) is 14.4 Å². The second-order valence-corrected chi connectivity index (χ2v) is 3.17. The average Bonchev–Trinajstić information content (AvgIpc) is 2.01. The monoisotopic (exact) mass is 196 g/mol. The first-order chi connectivity index (χ1) is 6.54. The van der Waals surface area contributed by atoms with Gasteiger partial charge in [-0.1, -0.05) is 0 Å². The van der Waals surface area contributed by atoms with Crippen molar-refractivity contribution >= 4 is 23.2 Å². The van der Waals surface area contributed by atoms with E-state index in [4.69, 9.17) is 10.6 Å². The van der Waals surface area contributed by atoms with E-state index in [0.29, 0.717) is 0 Å². The highest BCUT2D eigenvalue weighted by Gasteiger charge is 2.38. The quantitative estimate of drug-likeness (QED) is 0.482. The summed E-state index contributed by atoms with van der Waals surface area (Å²) >= 11 is 0. The van der Waals surface area contributed by atoms with Crippen LogP contribution >= 0.6 is 0 Å². The third-order valence-corrected chi connectivity index (χ3v) is 2.04. The molecule has 1 aliphatic carbocycles. The maximum Gasteiger partial charge on any atom is 0.400 e. The van der Waals surface area contributed by atoms with Gasteiger partial charge in [0.2, 0.25) is 11.6 Å². The van der Waals surface area contributed by atoms with Crippen molar-refractivity contribution in [3.63, 3.8) is 0 Å². The number of Topliss-reactive ketones (excluding diaryl/α,β-unsaturated/α-hetero) is 2. The van der Waals surface area contributed by atoms with Gasteiger partial charge in [-0.15, -0.1) is 0 Å². The normalized spacial score (nSPS) is 22.0. The molecule has 0 bridgehead atoms. The second kappa shape index (κ2) is 3.93. The summed E-state index contributed by atoms with van der Waals surface area (Å²) in [7, 11) is 0. The highest BCUT2D eigenvalue weighted by molar-refractivity contribution is 6.65. The number of hydrogen-bond acceptors (Lipinski definition) is 3. The van der Waals surface area contributed by atoms with E-state index >= 15 is 0 Å². The van der Waals surface area contributed by atoms with Crippen molar-refractivity contribution in [2.45, 2.75) is 19.3 Å². The molecule has 0 saturated heterocycles. The Labute approximate surface area is 79.1 Å². The van der Waals surface area contributed by atoms with Gasteiger partial charge < -0.3 is 10.6 Å². The minimum atomic E-state index is -1.04. The van der Waals surface area contributed by atoms with Gasteiger partial charge in [0.25, 0.3) is 0 Å². The zero-order chi connectivity index (χ0) is 10.7. The van der Waals surface area contributed by atoms with Gasteiger partial charge in [-0.25, -0.2) is 0 Å². The lowest BCUT2D eigenvalue weighted by atomic mass is 9.84. The Hall–Kier alpha value is -1.81. The molecule has 6 heteroatoms. The Morgan fingerprint density at radius 3 is 2.29 bits per heavy atom. The van der Waals surface area contributed by atoms with Crippen LogP contribution in [-0.2, 0) is 14.4 Å². The molecule has 74 valence electrons. The van der Waals surface area contributed by atoms with E-state index in [2.05, 4.69) is 4.79 Å². The maximum absolute atomic E-state index is 11.1. The molecular weight excluding hydrogens is 188 g/mol. The standard InChI is InChI=1S/C8H8N2O4/c9-10-8-5(11)1-4(2-6(8)12)3-7(13)14/h4H,1-3H2,(H,13,14). The second-order valence-electron chi connectivity index (χ2n) is 3.17. The molecule has 0 aromatic heterocycles. The van der Waals surface area contributed by atoms with Gasteiger partial charge in [0.05, 0.1) is 0 Å². The molecule has 14 heavy (non-hydrogen) atoms. The Morgan fingerprint density at radius 2 is 1.93 bits per heavy atom. The number of carboxylic acid groups (broad SMARTS) is 1. The number of nitrogens with zero attached hydrogens (tertiary/aromatic N) is 2. The van der Waals surface area contributed by atoms with Crippen LogP contribution in [-0.4, -0.2) is 33.1 Å². The predicted molar refractivity (Wildman–Crippen MR) is 43.6 cm³/mol. The third kappa shape index (κ3) is 2.11. The summed E-state index contributed by atoms with van der Waals surface area (Å²) in [6.45, 7) is 0. The molecule has 1 rings (SSSR count). The fourth-order valence-electron chi connectivity index (χ4n) is 1.45. The van der Waals surface area contributed by atoms with E-state index in [0.717, 1.165) is 0 Å². The van der Waals surface area contributed by atoms with Crippen LogP contribution < -0.4 is 0 Å². The van der Waals surface area contributed by atoms with Crippen LogP contribution in [0, 0.1) is 5.92 Å². The van der Waals surface area contributed by atoms with Crippen molar-refractivity contribution in [2.24, 2.45) is 5.92 Å². The smallest absolute Gasteiger partial charge is 0.400 e. The summed E-state index contributed by atoms with van der Waals surface area (Å²) < 4.78 is 0. The van der Waals surface area contributed by atoms with Gasteiger partial charge in [-0.05, 0) is 5.92 Å². The summed E-state index contributed by atoms with van der Waals surface area (Å²) in [5, 5.41) is 8.46. The van der Waals surface area contributed by atoms with E-state index in [-0.39, 0.29) is 19.3 Å². The van der Waals surface area contributed by atoms with Crippen LogP contribution in [0.5, 0.6) is 0 Å². The first kappa shape index (κ1) is 10.3. The van der Waals surface area contributed by atoms with Crippen molar-refractivity contribution in [1.29, 1.82) is 0 Å². The minimum absolute atomic E-state index is 0.0442. The number of carbonyl (C=O) groups is 3. The van der Waals surface area contributed by atoms with Gasteiger partial charge >= 0.3 is 11.7 Å². The van der Waals surface area contributed by atoms with Crippen LogP contribution in [0.3, 0.4) is 0 Å². The van der Waals surface area contributed by atoms with Crippen molar-refractivity contribution in [3.05, 3.63) is 5.53 Å². The van der Waals surface area contributed by atoms with Gasteiger partial charge in [0.1, 0.15) is 0 Å². The molecule has 0 atom stereocenters. The topological polar surface area (TPSA) is 108 Å². The SMILES string of the molecule is [N-]=[N+]=C1C(=O)CC(CC(=O)O)CC1=O. The minimum Gasteiger partial charge on any atom is -0.481 e. The summed E-state index contributed by atoms with van der Waals surface area (Å²) in [6.07, 6.45) is -0.301. The summed E-state index contributed by atoms with van der Waals surface area (Å²) in [5.41, 5.74) is 7.86. The fraction of sp³-hybridized carbons (Fsp3) is 0.500. The highest BCUT2D eigenvalue weighted by Crippen LogP contribution is 2.20. The Kier molecular flexibility index (Phi) is 2.89. The van der Waals surface area contributed by atoms with Crippen molar-refractivity contribution in [2.75, 3.05) is 0 Å². The van der Waals surface area contributed by atoms with Gasteiger partial charge in [0, 0.05) is 19.3 Å². The molecule has 1 fully saturated rings. The van der Waals surface area contributed by atoms with Crippen LogP contribution in [0.15, 0.2) is 0 Å². The van der Waals surface area contributed by atoms with Crippen LogP contribution in [0.1, 0.15) is 19.3 Å². The molecule has 0 spiro atoms. The van der Waals surface area contributed by atoms with Crippen LogP contribution in [0.4, 0.5) is 0 Å². The van der Waals surface area contributed by atoms with Crippen molar-refractivity contribution in [1.82, 2.24) is 0 Å². The lowest BCUT2D eigenvalue weighted by molar-refractivity contribution is -0.139. The molecular formula is C8H8N2O4. The summed E-state index contributed by atoms with van der Waals surface area (Å²) in [6, 6.07) is 0. The molecule has 6 nitrogen and oxygen atoms in total. The molecule has 0 amide bonds. The predicted octanol–water partition coefficient (Wildman–Crippen LogP) is -0.320. The average molecular weight is 196 g/mol. The molecule has 1 saturated carbocycles. The van der Waals surface area contributed by atoms with E-state index in [9.17, 15) is 14.4 Å². The number of hydrogen-bond donors (Lipinski definition) is 1. The number of carbonyl (C=O) groups excluding carboxylic acids is 2. The maximum atomic E-state index is 11.1. The molecule has 0 aliphatic heterocycles. The first-order valence-electron chi connectivity index (χ1n) is 4.04. The molecule has 1 aliphatic rings. The lowest BCUT2D eigenvalue weighted by Crippen LogP contribution is -2.35. The molecule has 0 heterocycles. The summed E-state index contributed by atoms with van der Waals surface area (Å²) in [5.74, 6) is -2.69. The fourth-order valence-corrected chi connectivity index (χ4v) is 1.45. The van der Waals surface area contributed by atoms with Gasteiger partial charge in [-0.2, -0.15) is 4.79 Å². The Bertz CT molecular complexity index is 334. The number of carboxylic acids is 1. The van der Waals surface area contributed by atoms with Crippen LogP contribution in [0.25, 0.3) is 5.53 Å². The number of ketones is 2. The van der Waals surface area contributed by atoms with Crippen molar-refractivity contribution < 1.29 is 24.3 Å². The van der Waals surface area contributed by atoms with Crippen LogP contribution in [0.2, 0.25) is 0 Å². The lowest BCUT2D eigenvalue weighted by Gasteiger charge is -2.14. The largest absolute Gasteiger partial charge is 0.481 e. The zero-order valence-corrected chi connectivity index (χ0v) is 7.27. The zero-order valence-electron chi connectivity index (χ0n) is 7.27. The first-order valence-corrected chi connectivity index (χ1v) is 4.04. The number of aliphatic carboxylic acids is 1. The Balaban J connectivity index is 2.75. The molecule has 1 N–H and O–H groups in total. The van der Waals surface area contributed by atoms with E-state index < -0.39 is 29.2 Å². The Morgan fingerprint density at radius 1 is 1.43 bits per heavy atom.